The molecule has 5 nitrogen and oxygen atoms in total. The Kier molecular flexibility index (Phi) is 4.33. The Hall–Kier alpha value is -3.61. The first-order valence-corrected chi connectivity index (χ1v) is 8.22. The van der Waals surface area contributed by atoms with Crippen LogP contribution in [0, 0.1) is 11.6 Å². The lowest BCUT2D eigenvalue weighted by molar-refractivity contribution is 0.509. The third kappa shape index (κ3) is 3.39. The maximum atomic E-state index is 13.5. The van der Waals surface area contributed by atoms with Crippen LogP contribution in [-0.4, -0.2) is 14.5 Å². The van der Waals surface area contributed by atoms with Gasteiger partial charge in [0, 0.05) is 18.0 Å². The third-order valence-corrected chi connectivity index (χ3v) is 4.11. The van der Waals surface area contributed by atoms with E-state index in [9.17, 15) is 13.6 Å². The van der Waals surface area contributed by atoms with E-state index in [2.05, 4.69) is 15.3 Å². The van der Waals surface area contributed by atoms with Crippen LogP contribution in [-0.2, 0) is 6.54 Å². The second kappa shape index (κ2) is 6.95. The molecule has 27 heavy (non-hydrogen) atoms. The first-order chi connectivity index (χ1) is 13.1. The molecule has 0 fully saturated rings. The number of halogens is 2. The number of nitrogens with one attached hydrogen (secondary N) is 1. The number of aromatic nitrogens is 3. The number of anilines is 2. The predicted octanol–water partition coefficient (Wildman–Crippen LogP) is 3.86. The monoisotopic (exact) mass is 364 g/mol. The van der Waals surface area contributed by atoms with Crippen LogP contribution in [0.5, 0.6) is 0 Å². The summed E-state index contributed by atoms with van der Waals surface area (Å²) in [5.74, 6) is -1.94. The molecule has 4 aromatic rings. The highest BCUT2D eigenvalue weighted by Crippen LogP contribution is 2.18. The molecule has 2 aromatic carbocycles. The maximum absolute atomic E-state index is 13.5. The van der Waals surface area contributed by atoms with Crippen LogP contribution in [0.4, 0.5) is 20.3 Å². The van der Waals surface area contributed by atoms with Gasteiger partial charge in [-0.15, -0.1) is 0 Å². The lowest BCUT2D eigenvalue weighted by Gasteiger charge is -2.13. The Morgan fingerprint density at radius 2 is 1.81 bits per heavy atom. The van der Waals surface area contributed by atoms with E-state index in [4.69, 9.17) is 0 Å². The molecule has 134 valence electrons. The summed E-state index contributed by atoms with van der Waals surface area (Å²) in [5.41, 5.74) is 1.93. The molecule has 4 rings (SSSR count). The first-order valence-electron chi connectivity index (χ1n) is 8.22. The van der Waals surface area contributed by atoms with Crippen LogP contribution in [0.1, 0.15) is 5.56 Å². The van der Waals surface area contributed by atoms with Gasteiger partial charge in [-0.05, 0) is 23.8 Å². The van der Waals surface area contributed by atoms with E-state index in [0.29, 0.717) is 17.6 Å². The van der Waals surface area contributed by atoms with E-state index >= 15 is 0 Å². The summed E-state index contributed by atoms with van der Waals surface area (Å²) in [5, 5.41) is 2.79. The minimum atomic E-state index is -1.00. The zero-order chi connectivity index (χ0) is 18.8. The van der Waals surface area contributed by atoms with E-state index < -0.39 is 11.6 Å². The fourth-order valence-corrected chi connectivity index (χ4v) is 2.80. The lowest BCUT2D eigenvalue weighted by Crippen LogP contribution is -2.25. The lowest BCUT2D eigenvalue weighted by atomic mass is 10.2. The Morgan fingerprint density at radius 3 is 2.59 bits per heavy atom. The standard InChI is InChI=1S/C20H14F2N4O/c21-15-7-6-14(10-16(15)22)24-19-20(27)26(12-13-4-2-1-3-5-13)18-11-23-9-8-17(18)25-19/h1-11H,12H2,(H,24,25). The average molecular weight is 364 g/mol. The van der Waals surface area contributed by atoms with Crippen LogP contribution < -0.4 is 10.9 Å². The molecular formula is C20H14F2N4O. The summed E-state index contributed by atoms with van der Waals surface area (Å²) in [6, 6.07) is 14.5. The summed E-state index contributed by atoms with van der Waals surface area (Å²) >= 11 is 0. The molecule has 0 atom stereocenters. The molecule has 0 aliphatic rings. The van der Waals surface area contributed by atoms with Gasteiger partial charge in [0.1, 0.15) is 0 Å². The molecule has 0 saturated carbocycles. The number of rotatable bonds is 4. The second-order valence-electron chi connectivity index (χ2n) is 5.96. The molecular weight excluding hydrogens is 350 g/mol. The van der Waals surface area contributed by atoms with E-state index in [0.717, 1.165) is 17.7 Å². The minimum absolute atomic E-state index is 0.0237. The second-order valence-corrected chi connectivity index (χ2v) is 5.96. The van der Waals surface area contributed by atoms with Gasteiger partial charge in [0.15, 0.2) is 17.5 Å². The van der Waals surface area contributed by atoms with Crippen molar-refractivity contribution in [1.29, 1.82) is 0 Å². The van der Waals surface area contributed by atoms with Gasteiger partial charge in [-0.25, -0.2) is 13.8 Å². The fourth-order valence-electron chi connectivity index (χ4n) is 2.80. The zero-order valence-corrected chi connectivity index (χ0v) is 14.1. The molecule has 0 aliphatic heterocycles. The Balaban J connectivity index is 1.82. The topological polar surface area (TPSA) is 59.8 Å². The Bertz CT molecular complexity index is 1180. The fraction of sp³-hybridized carbons (Fsp3) is 0.0500. The molecule has 0 amide bonds. The Labute approximate surface area is 153 Å². The third-order valence-electron chi connectivity index (χ3n) is 4.11. The number of hydrogen-bond donors (Lipinski definition) is 1. The number of fused-ring (bicyclic) bond motifs is 1. The molecule has 2 heterocycles. The van der Waals surface area contributed by atoms with Gasteiger partial charge in [0.2, 0.25) is 0 Å². The van der Waals surface area contributed by atoms with Gasteiger partial charge >= 0.3 is 0 Å². The zero-order valence-electron chi connectivity index (χ0n) is 14.1. The SMILES string of the molecule is O=c1c(Nc2ccc(F)c(F)c2)nc2ccncc2n1Cc1ccccc1. The van der Waals surface area contributed by atoms with Gasteiger partial charge < -0.3 is 5.32 Å². The number of hydrogen-bond acceptors (Lipinski definition) is 4. The smallest absolute Gasteiger partial charge is 0.294 e. The molecule has 7 heteroatoms. The first kappa shape index (κ1) is 16.8. The van der Waals surface area contributed by atoms with Crippen molar-refractivity contribution in [3.8, 4) is 0 Å². The minimum Gasteiger partial charge on any atom is -0.335 e. The van der Waals surface area contributed by atoms with Gasteiger partial charge in [-0.2, -0.15) is 0 Å². The van der Waals surface area contributed by atoms with E-state index in [1.165, 1.54) is 6.07 Å². The molecule has 2 aromatic heterocycles. The number of pyridine rings is 1. The summed E-state index contributed by atoms with van der Waals surface area (Å²) in [6.45, 7) is 0.330. The highest BCUT2D eigenvalue weighted by atomic mass is 19.2. The van der Waals surface area contributed by atoms with Crippen molar-refractivity contribution in [3.05, 3.63) is 94.5 Å². The molecule has 0 saturated heterocycles. The van der Waals surface area contributed by atoms with Gasteiger partial charge in [-0.1, -0.05) is 30.3 Å². The Morgan fingerprint density at radius 1 is 1.00 bits per heavy atom. The molecule has 1 N–H and O–H groups in total. The summed E-state index contributed by atoms with van der Waals surface area (Å²) in [4.78, 5) is 21.4. The largest absolute Gasteiger partial charge is 0.335 e. The highest BCUT2D eigenvalue weighted by Gasteiger charge is 2.13. The summed E-state index contributed by atoms with van der Waals surface area (Å²) in [6.07, 6.45) is 3.15. The quantitative estimate of drug-likeness (QED) is 0.597. The van der Waals surface area contributed by atoms with Crippen molar-refractivity contribution in [2.24, 2.45) is 0 Å². The normalized spacial score (nSPS) is 10.9. The van der Waals surface area contributed by atoms with Crippen molar-refractivity contribution in [1.82, 2.24) is 14.5 Å². The van der Waals surface area contributed by atoms with Gasteiger partial charge in [-0.3, -0.25) is 14.3 Å². The molecule has 0 bridgehead atoms. The van der Waals surface area contributed by atoms with Crippen LogP contribution in [0.15, 0.2) is 71.8 Å². The van der Waals surface area contributed by atoms with Crippen LogP contribution in [0.25, 0.3) is 11.0 Å². The van der Waals surface area contributed by atoms with Crippen molar-refractivity contribution in [2.75, 3.05) is 5.32 Å². The molecule has 0 aliphatic carbocycles. The molecule has 0 radical (unpaired) electrons. The molecule has 0 unspecified atom stereocenters. The number of nitrogens with zero attached hydrogens (tertiary/aromatic N) is 3. The van der Waals surface area contributed by atoms with Crippen LogP contribution in [0.2, 0.25) is 0 Å². The summed E-state index contributed by atoms with van der Waals surface area (Å²) < 4.78 is 28.2. The molecule has 0 spiro atoms. The highest BCUT2D eigenvalue weighted by molar-refractivity contribution is 5.76. The summed E-state index contributed by atoms with van der Waals surface area (Å²) in [7, 11) is 0. The van der Waals surface area contributed by atoms with E-state index in [1.54, 1.807) is 23.0 Å². The van der Waals surface area contributed by atoms with Crippen molar-refractivity contribution in [3.63, 3.8) is 0 Å². The van der Waals surface area contributed by atoms with Crippen LogP contribution >= 0.6 is 0 Å². The van der Waals surface area contributed by atoms with Crippen molar-refractivity contribution < 1.29 is 8.78 Å². The van der Waals surface area contributed by atoms with Crippen molar-refractivity contribution in [2.45, 2.75) is 6.54 Å². The average Bonchev–Trinajstić information content (AvgIpc) is 2.69. The maximum Gasteiger partial charge on any atom is 0.294 e. The van der Waals surface area contributed by atoms with Gasteiger partial charge in [0.05, 0.1) is 23.8 Å². The van der Waals surface area contributed by atoms with Crippen LogP contribution in [0.3, 0.4) is 0 Å². The van der Waals surface area contributed by atoms with Gasteiger partial charge in [0.25, 0.3) is 5.56 Å². The van der Waals surface area contributed by atoms with E-state index in [-0.39, 0.29) is 17.1 Å². The number of benzene rings is 2. The van der Waals surface area contributed by atoms with E-state index in [1.807, 2.05) is 30.3 Å². The van der Waals surface area contributed by atoms with Crippen molar-refractivity contribution >= 4 is 22.5 Å². The predicted molar refractivity (Wildman–Crippen MR) is 99.0 cm³/mol.